The normalized spacial score (nSPS) is 9.90. The quantitative estimate of drug-likeness (QED) is 0.414. The summed E-state index contributed by atoms with van der Waals surface area (Å²) >= 11 is 0. The van der Waals surface area contributed by atoms with Gasteiger partial charge in [0.15, 0.2) is 11.5 Å². The summed E-state index contributed by atoms with van der Waals surface area (Å²) in [5.41, 5.74) is 0.280. The average Bonchev–Trinajstić information content (AvgIpc) is 2.75. The van der Waals surface area contributed by atoms with Crippen LogP contribution in [0.5, 0.6) is 11.5 Å². The molecular formula is C20H24N2O9. The molecule has 0 radical (unpaired) electrons. The predicted molar refractivity (Wildman–Crippen MR) is 111 cm³/mol. The Kier molecular flexibility index (Phi) is 10.4. The average molecular weight is 436 g/mol. The smallest absolute Gasteiger partial charge is 0.335 e. The van der Waals surface area contributed by atoms with E-state index in [0.717, 1.165) is 18.6 Å². The second kappa shape index (κ2) is 12.8. The number of nitro benzene ring substituents is 2. The molecule has 2 aromatic carbocycles. The van der Waals surface area contributed by atoms with Crippen molar-refractivity contribution in [1.82, 2.24) is 0 Å². The van der Waals surface area contributed by atoms with E-state index in [9.17, 15) is 25.0 Å². The van der Waals surface area contributed by atoms with Crippen LogP contribution >= 0.6 is 0 Å². The van der Waals surface area contributed by atoms with E-state index in [2.05, 4.69) is 0 Å². The fourth-order valence-corrected chi connectivity index (χ4v) is 2.26. The van der Waals surface area contributed by atoms with Gasteiger partial charge in [0.25, 0.3) is 0 Å². The number of rotatable bonds is 10. The number of carboxylic acids is 1. The van der Waals surface area contributed by atoms with Gasteiger partial charge in [0.1, 0.15) is 0 Å². The Morgan fingerprint density at radius 1 is 0.903 bits per heavy atom. The maximum Gasteiger partial charge on any atom is 0.335 e. The van der Waals surface area contributed by atoms with Crippen molar-refractivity contribution in [3.05, 3.63) is 67.8 Å². The van der Waals surface area contributed by atoms with Crippen LogP contribution in [0.4, 0.5) is 11.4 Å². The molecule has 0 spiro atoms. The second-order valence-corrected chi connectivity index (χ2v) is 6.16. The first-order chi connectivity index (χ1) is 14.7. The van der Waals surface area contributed by atoms with E-state index in [-0.39, 0.29) is 35.0 Å². The lowest BCUT2D eigenvalue weighted by atomic mass is 10.2. The number of nitrogens with zero attached hydrogens (tertiary/aromatic N) is 2. The highest BCUT2D eigenvalue weighted by molar-refractivity contribution is 5.88. The first-order valence-corrected chi connectivity index (χ1v) is 9.40. The Morgan fingerprint density at radius 2 is 1.39 bits per heavy atom. The molecule has 0 aliphatic rings. The molecule has 0 bridgehead atoms. The summed E-state index contributed by atoms with van der Waals surface area (Å²) in [6, 6.07) is 7.82. The van der Waals surface area contributed by atoms with Gasteiger partial charge in [-0.2, -0.15) is 0 Å². The highest BCUT2D eigenvalue weighted by Gasteiger charge is 2.17. The number of carbonyl (C=O) groups is 1. The lowest BCUT2D eigenvalue weighted by Crippen LogP contribution is -2.02. The summed E-state index contributed by atoms with van der Waals surface area (Å²) in [6.07, 6.45) is 1.47. The Hall–Kier alpha value is -3.73. The molecule has 0 atom stereocenters. The van der Waals surface area contributed by atoms with Crippen molar-refractivity contribution < 1.29 is 34.3 Å². The van der Waals surface area contributed by atoms with Gasteiger partial charge in [0.2, 0.25) is 0 Å². The number of benzene rings is 2. The summed E-state index contributed by atoms with van der Waals surface area (Å²) in [7, 11) is 0. The fraction of sp³-hybridized carbons (Fsp3) is 0.350. The van der Waals surface area contributed by atoms with Crippen molar-refractivity contribution in [2.24, 2.45) is 0 Å². The summed E-state index contributed by atoms with van der Waals surface area (Å²) in [4.78, 5) is 30.9. The number of ether oxygens (including phenoxy) is 2. The van der Waals surface area contributed by atoms with Crippen LogP contribution in [-0.4, -0.2) is 39.2 Å². The number of hydrogen-bond donors (Lipinski definition) is 2. The number of aliphatic hydroxyl groups is 1. The SMILES string of the molecule is CCCOc1cc(C(=O)O)ccc1[N+](=O)[O-].CCCOc1cc(CO)ccc1[N+](=O)[O-]. The van der Waals surface area contributed by atoms with Crippen molar-refractivity contribution in [2.45, 2.75) is 33.3 Å². The minimum absolute atomic E-state index is 0.00764. The Bertz CT molecular complexity index is 916. The van der Waals surface area contributed by atoms with Crippen molar-refractivity contribution >= 4 is 17.3 Å². The van der Waals surface area contributed by atoms with Gasteiger partial charge < -0.3 is 19.7 Å². The molecular weight excluding hydrogens is 412 g/mol. The molecule has 2 rings (SSSR count). The van der Waals surface area contributed by atoms with Crippen molar-refractivity contribution in [3.8, 4) is 11.5 Å². The van der Waals surface area contributed by atoms with Gasteiger partial charge in [-0.15, -0.1) is 0 Å². The third-order valence-corrected chi connectivity index (χ3v) is 3.73. The lowest BCUT2D eigenvalue weighted by molar-refractivity contribution is -0.386. The Balaban J connectivity index is 0.000000311. The maximum absolute atomic E-state index is 10.7. The van der Waals surface area contributed by atoms with Gasteiger partial charge in [-0.25, -0.2) is 4.79 Å². The number of nitro groups is 2. The standard InChI is InChI=1S/C10H11NO5.C10H13NO4/c1-2-5-16-9-6-7(10(12)13)3-4-8(9)11(14)15;1-2-5-15-10-6-8(7-12)3-4-9(10)11(13)14/h3-4,6H,2,5H2,1H3,(H,12,13);3-4,6,12H,2,5,7H2,1H3. The van der Waals surface area contributed by atoms with Crippen LogP contribution in [0.3, 0.4) is 0 Å². The van der Waals surface area contributed by atoms with Crippen LogP contribution in [-0.2, 0) is 6.61 Å². The zero-order valence-corrected chi connectivity index (χ0v) is 17.1. The van der Waals surface area contributed by atoms with Gasteiger partial charge >= 0.3 is 17.3 Å². The minimum atomic E-state index is -1.14. The first-order valence-electron chi connectivity index (χ1n) is 9.40. The van der Waals surface area contributed by atoms with Crippen LogP contribution < -0.4 is 9.47 Å². The first kappa shape index (κ1) is 25.3. The van der Waals surface area contributed by atoms with Gasteiger partial charge in [0.05, 0.1) is 35.2 Å². The topological polar surface area (TPSA) is 162 Å². The summed E-state index contributed by atoms with van der Waals surface area (Å²) in [5.74, 6) is -0.934. The molecule has 2 N–H and O–H groups in total. The number of aromatic carboxylic acids is 1. The predicted octanol–water partition coefficient (Wildman–Crippen LogP) is 3.96. The molecule has 0 saturated heterocycles. The van der Waals surface area contributed by atoms with Crippen molar-refractivity contribution in [2.75, 3.05) is 13.2 Å². The van der Waals surface area contributed by atoms with Crippen LogP contribution in [0.2, 0.25) is 0 Å². The van der Waals surface area contributed by atoms with E-state index in [1.165, 1.54) is 24.3 Å². The summed E-state index contributed by atoms with van der Waals surface area (Å²) < 4.78 is 10.4. The van der Waals surface area contributed by atoms with Gasteiger partial charge in [0, 0.05) is 18.2 Å². The third-order valence-electron chi connectivity index (χ3n) is 3.73. The highest BCUT2D eigenvalue weighted by atomic mass is 16.6. The molecule has 31 heavy (non-hydrogen) atoms. The molecule has 0 aliphatic carbocycles. The Labute approximate surface area is 178 Å². The van der Waals surface area contributed by atoms with E-state index < -0.39 is 15.8 Å². The second-order valence-electron chi connectivity index (χ2n) is 6.16. The molecule has 0 amide bonds. The Morgan fingerprint density at radius 3 is 1.81 bits per heavy atom. The minimum Gasteiger partial charge on any atom is -0.487 e. The van der Waals surface area contributed by atoms with Gasteiger partial charge in [-0.3, -0.25) is 20.2 Å². The van der Waals surface area contributed by atoms with Crippen LogP contribution in [0, 0.1) is 20.2 Å². The van der Waals surface area contributed by atoms with E-state index >= 15 is 0 Å². The lowest BCUT2D eigenvalue weighted by Gasteiger charge is -2.06. The van der Waals surface area contributed by atoms with Crippen molar-refractivity contribution in [1.29, 1.82) is 0 Å². The molecule has 0 aliphatic heterocycles. The zero-order valence-electron chi connectivity index (χ0n) is 17.1. The molecule has 0 unspecified atom stereocenters. The zero-order chi connectivity index (χ0) is 23.4. The largest absolute Gasteiger partial charge is 0.487 e. The molecule has 0 saturated carbocycles. The third kappa shape index (κ3) is 7.90. The summed E-state index contributed by atoms with van der Waals surface area (Å²) in [5, 5.41) is 38.9. The molecule has 168 valence electrons. The maximum atomic E-state index is 10.7. The van der Waals surface area contributed by atoms with E-state index in [1.807, 2.05) is 13.8 Å². The number of hydrogen-bond acceptors (Lipinski definition) is 8. The number of carboxylic acid groups (broad SMARTS) is 1. The highest BCUT2D eigenvalue weighted by Crippen LogP contribution is 2.29. The summed E-state index contributed by atoms with van der Waals surface area (Å²) in [6.45, 7) is 4.36. The molecule has 2 aromatic rings. The number of aliphatic hydroxyl groups excluding tert-OH is 1. The van der Waals surface area contributed by atoms with Crippen LogP contribution in [0.25, 0.3) is 0 Å². The van der Waals surface area contributed by atoms with E-state index in [4.69, 9.17) is 19.7 Å². The monoisotopic (exact) mass is 436 g/mol. The molecule has 0 heterocycles. The van der Waals surface area contributed by atoms with Gasteiger partial charge in [-0.05, 0) is 36.6 Å². The molecule has 11 heteroatoms. The van der Waals surface area contributed by atoms with E-state index in [0.29, 0.717) is 25.2 Å². The van der Waals surface area contributed by atoms with Crippen LogP contribution in [0.15, 0.2) is 36.4 Å². The molecule has 0 fully saturated rings. The fourth-order valence-electron chi connectivity index (χ4n) is 2.26. The van der Waals surface area contributed by atoms with Gasteiger partial charge in [-0.1, -0.05) is 13.8 Å². The van der Waals surface area contributed by atoms with E-state index in [1.54, 1.807) is 0 Å². The molecule has 11 nitrogen and oxygen atoms in total. The molecule has 0 aromatic heterocycles. The van der Waals surface area contributed by atoms with Crippen LogP contribution in [0.1, 0.15) is 42.6 Å². The van der Waals surface area contributed by atoms with Crippen molar-refractivity contribution in [3.63, 3.8) is 0 Å².